The fourth-order valence-corrected chi connectivity index (χ4v) is 2.62. The Morgan fingerprint density at radius 3 is 2.60 bits per heavy atom. The van der Waals surface area contributed by atoms with Gasteiger partial charge in [-0.25, -0.2) is 4.79 Å². The number of carbonyl (C=O) groups excluding carboxylic acids is 1. The van der Waals surface area contributed by atoms with Crippen LogP contribution in [-0.4, -0.2) is 29.7 Å². The van der Waals surface area contributed by atoms with Crippen molar-refractivity contribution in [3.63, 3.8) is 0 Å². The molecule has 0 aliphatic carbocycles. The van der Waals surface area contributed by atoms with Crippen molar-refractivity contribution < 1.29 is 14.3 Å². The Bertz CT molecular complexity index is 687. The van der Waals surface area contributed by atoms with E-state index in [1.165, 1.54) is 7.11 Å². The third kappa shape index (κ3) is 2.43. The van der Waals surface area contributed by atoms with Crippen LogP contribution in [-0.2, 0) is 9.53 Å². The molecule has 0 bridgehead atoms. The number of nitrogens with zero attached hydrogens (tertiary/aromatic N) is 1. The number of benzene rings is 1. The van der Waals surface area contributed by atoms with E-state index in [1.54, 1.807) is 11.7 Å². The lowest BCUT2D eigenvalue weighted by Gasteiger charge is -2.20. The molecule has 0 saturated carbocycles. The first kappa shape index (κ1) is 14.6. The predicted molar refractivity (Wildman–Crippen MR) is 79.6 cm³/mol. The van der Waals surface area contributed by atoms with Gasteiger partial charge in [0.25, 0.3) is 0 Å². The molecule has 20 heavy (non-hydrogen) atoms. The molecule has 0 saturated heterocycles. The SMILES string of the molecule is COC(=O)C(C(C)C)n1c(=S)[nH]c2ccc(OC)cc21. The van der Waals surface area contributed by atoms with Gasteiger partial charge in [0.2, 0.25) is 0 Å². The van der Waals surface area contributed by atoms with E-state index in [1.807, 2.05) is 32.0 Å². The summed E-state index contributed by atoms with van der Waals surface area (Å²) in [5.41, 5.74) is 1.70. The zero-order valence-corrected chi connectivity index (χ0v) is 12.8. The average Bonchev–Trinajstić information content (AvgIpc) is 2.74. The molecule has 6 heteroatoms. The molecule has 1 unspecified atom stereocenters. The highest BCUT2D eigenvalue weighted by Gasteiger charge is 2.27. The van der Waals surface area contributed by atoms with E-state index in [-0.39, 0.29) is 11.9 Å². The molecule has 0 fully saturated rings. The van der Waals surface area contributed by atoms with Crippen molar-refractivity contribution in [1.29, 1.82) is 0 Å². The number of rotatable bonds is 4. The summed E-state index contributed by atoms with van der Waals surface area (Å²) < 4.78 is 12.4. The number of methoxy groups -OCH3 is 2. The van der Waals surface area contributed by atoms with Gasteiger partial charge in [0.15, 0.2) is 4.77 Å². The molecular weight excluding hydrogens is 276 g/mol. The van der Waals surface area contributed by atoms with Crippen molar-refractivity contribution in [2.75, 3.05) is 14.2 Å². The molecule has 1 aromatic carbocycles. The van der Waals surface area contributed by atoms with Gasteiger partial charge in [0, 0.05) is 6.07 Å². The van der Waals surface area contributed by atoms with Crippen LogP contribution < -0.4 is 4.74 Å². The van der Waals surface area contributed by atoms with Crippen molar-refractivity contribution in [3.05, 3.63) is 23.0 Å². The van der Waals surface area contributed by atoms with Crippen LogP contribution in [0.1, 0.15) is 19.9 Å². The second-order valence-corrected chi connectivity index (χ2v) is 5.28. The molecule has 5 nitrogen and oxygen atoms in total. The first-order valence-corrected chi connectivity index (χ1v) is 6.76. The summed E-state index contributed by atoms with van der Waals surface area (Å²) in [6.45, 7) is 3.92. The van der Waals surface area contributed by atoms with E-state index in [9.17, 15) is 4.79 Å². The van der Waals surface area contributed by atoms with Gasteiger partial charge in [-0.15, -0.1) is 0 Å². The van der Waals surface area contributed by atoms with Gasteiger partial charge in [0.1, 0.15) is 11.8 Å². The molecule has 1 heterocycles. The van der Waals surface area contributed by atoms with E-state index in [2.05, 4.69) is 4.98 Å². The van der Waals surface area contributed by atoms with Crippen molar-refractivity contribution in [2.24, 2.45) is 5.92 Å². The highest BCUT2D eigenvalue weighted by molar-refractivity contribution is 7.71. The minimum atomic E-state index is -0.464. The highest BCUT2D eigenvalue weighted by Crippen LogP contribution is 2.28. The van der Waals surface area contributed by atoms with E-state index in [0.29, 0.717) is 10.5 Å². The zero-order valence-electron chi connectivity index (χ0n) is 12.0. The van der Waals surface area contributed by atoms with Gasteiger partial charge >= 0.3 is 5.97 Å². The normalized spacial score (nSPS) is 12.7. The van der Waals surface area contributed by atoms with Gasteiger partial charge in [-0.05, 0) is 30.3 Å². The lowest BCUT2D eigenvalue weighted by molar-refractivity contribution is -0.145. The number of hydrogen-bond acceptors (Lipinski definition) is 4. The second-order valence-electron chi connectivity index (χ2n) is 4.90. The summed E-state index contributed by atoms with van der Waals surface area (Å²) in [5, 5.41) is 0. The number of aromatic nitrogens is 2. The molecule has 1 aromatic heterocycles. The van der Waals surface area contributed by atoms with Crippen LogP contribution >= 0.6 is 12.2 Å². The Labute approximate surface area is 122 Å². The molecule has 1 atom stereocenters. The third-order valence-corrected chi connectivity index (χ3v) is 3.58. The Kier molecular flexibility index (Phi) is 4.13. The monoisotopic (exact) mass is 294 g/mol. The number of carbonyl (C=O) groups is 1. The third-order valence-electron chi connectivity index (χ3n) is 3.28. The summed E-state index contributed by atoms with van der Waals surface area (Å²) in [5.74, 6) is 0.465. The molecule has 108 valence electrons. The van der Waals surface area contributed by atoms with Crippen molar-refractivity contribution in [3.8, 4) is 5.75 Å². The summed E-state index contributed by atoms with van der Waals surface area (Å²) in [7, 11) is 2.99. The smallest absolute Gasteiger partial charge is 0.329 e. The molecule has 0 aliphatic rings. The topological polar surface area (TPSA) is 56.2 Å². The summed E-state index contributed by atoms with van der Waals surface area (Å²) in [6, 6.07) is 5.13. The minimum Gasteiger partial charge on any atom is -0.497 e. The second kappa shape index (κ2) is 5.66. The van der Waals surface area contributed by atoms with Crippen LogP contribution in [0.2, 0.25) is 0 Å². The van der Waals surface area contributed by atoms with E-state index >= 15 is 0 Å². The molecule has 1 N–H and O–H groups in total. The number of H-pyrrole nitrogens is 1. The molecule has 2 aromatic rings. The van der Waals surface area contributed by atoms with Crippen molar-refractivity contribution in [2.45, 2.75) is 19.9 Å². The van der Waals surface area contributed by atoms with Crippen LogP contribution in [0.4, 0.5) is 0 Å². The number of hydrogen-bond donors (Lipinski definition) is 1. The number of ether oxygens (including phenoxy) is 2. The predicted octanol–water partition coefficient (Wildman–Crippen LogP) is 3.08. The van der Waals surface area contributed by atoms with Gasteiger partial charge in [-0.1, -0.05) is 13.8 Å². The molecule has 0 radical (unpaired) electrons. The molecule has 2 rings (SSSR count). The van der Waals surface area contributed by atoms with Gasteiger partial charge < -0.3 is 19.0 Å². The molecular formula is C14H18N2O3S. The van der Waals surface area contributed by atoms with Crippen molar-refractivity contribution >= 4 is 29.2 Å². The highest BCUT2D eigenvalue weighted by atomic mass is 32.1. The molecule has 0 aliphatic heterocycles. The minimum absolute atomic E-state index is 0.0550. The Balaban J connectivity index is 2.70. The van der Waals surface area contributed by atoms with E-state index in [4.69, 9.17) is 21.7 Å². The van der Waals surface area contributed by atoms with Gasteiger partial charge in [-0.2, -0.15) is 0 Å². The number of imidazole rings is 1. The number of aromatic amines is 1. The Hall–Kier alpha value is -1.82. The van der Waals surface area contributed by atoms with Crippen LogP contribution in [0, 0.1) is 10.7 Å². The largest absolute Gasteiger partial charge is 0.497 e. The lowest BCUT2D eigenvalue weighted by Crippen LogP contribution is -2.25. The van der Waals surface area contributed by atoms with Gasteiger partial charge in [0.05, 0.1) is 25.3 Å². The first-order chi connectivity index (χ1) is 9.49. The lowest BCUT2D eigenvalue weighted by atomic mass is 10.0. The summed E-state index contributed by atoms with van der Waals surface area (Å²) in [4.78, 5) is 15.2. The Morgan fingerprint density at radius 1 is 1.35 bits per heavy atom. The molecule has 0 spiro atoms. The quantitative estimate of drug-likeness (QED) is 0.695. The first-order valence-electron chi connectivity index (χ1n) is 6.35. The number of fused-ring (bicyclic) bond motifs is 1. The van der Waals surface area contributed by atoms with Crippen LogP contribution in [0.15, 0.2) is 18.2 Å². The van der Waals surface area contributed by atoms with Crippen LogP contribution in [0.5, 0.6) is 5.75 Å². The fourth-order valence-electron chi connectivity index (χ4n) is 2.30. The van der Waals surface area contributed by atoms with E-state index in [0.717, 1.165) is 11.0 Å². The maximum atomic E-state index is 12.1. The summed E-state index contributed by atoms with van der Waals surface area (Å²) in [6.07, 6.45) is 0. The van der Waals surface area contributed by atoms with Crippen molar-refractivity contribution in [1.82, 2.24) is 9.55 Å². The maximum Gasteiger partial charge on any atom is 0.329 e. The maximum absolute atomic E-state index is 12.1. The van der Waals surface area contributed by atoms with E-state index < -0.39 is 6.04 Å². The number of nitrogens with one attached hydrogen (secondary N) is 1. The Morgan fingerprint density at radius 2 is 2.05 bits per heavy atom. The van der Waals surface area contributed by atoms with Crippen LogP contribution in [0.25, 0.3) is 11.0 Å². The zero-order chi connectivity index (χ0) is 14.9. The van der Waals surface area contributed by atoms with Gasteiger partial charge in [-0.3, -0.25) is 0 Å². The molecule has 0 amide bonds. The summed E-state index contributed by atoms with van der Waals surface area (Å²) >= 11 is 5.35. The standard InChI is InChI=1S/C14H18N2O3S/c1-8(2)12(13(17)19-4)16-11-7-9(18-3)5-6-10(11)15-14(16)20/h5-8,12H,1-4H3,(H,15,20). The average molecular weight is 294 g/mol. The fraction of sp³-hybridized carbons (Fsp3) is 0.429. The van der Waals surface area contributed by atoms with Crippen LogP contribution in [0.3, 0.4) is 0 Å². The number of esters is 1.